The standard InChI is InChI=1S/C13H20N4/c1-4-9(2)5-10(3)17-13-12(15)6-11(7-14)8-16-13/h6,8-10H,4-5,15H2,1-3H3,(H,16,17). The van der Waals surface area contributed by atoms with E-state index in [0.29, 0.717) is 29.0 Å². The first-order valence-electron chi connectivity index (χ1n) is 5.99. The summed E-state index contributed by atoms with van der Waals surface area (Å²) in [6, 6.07) is 3.99. The fourth-order valence-corrected chi connectivity index (χ4v) is 1.73. The van der Waals surface area contributed by atoms with Gasteiger partial charge in [0, 0.05) is 12.2 Å². The minimum Gasteiger partial charge on any atom is -0.396 e. The molecule has 1 aromatic heterocycles. The molecule has 2 unspecified atom stereocenters. The topological polar surface area (TPSA) is 74.7 Å². The molecule has 0 saturated carbocycles. The molecule has 0 aliphatic rings. The molecule has 0 spiro atoms. The van der Waals surface area contributed by atoms with E-state index >= 15 is 0 Å². The maximum Gasteiger partial charge on any atom is 0.149 e. The normalized spacial score (nSPS) is 13.8. The van der Waals surface area contributed by atoms with Gasteiger partial charge in [-0.15, -0.1) is 0 Å². The molecule has 0 amide bonds. The van der Waals surface area contributed by atoms with E-state index in [-0.39, 0.29) is 0 Å². The van der Waals surface area contributed by atoms with Crippen LogP contribution in [0.1, 0.15) is 39.2 Å². The fourth-order valence-electron chi connectivity index (χ4n) is 1.73. The van der Waals surface area contributed by atoms with Gasteiger partial charge in [-0.1, -0.05) is 20.3 Å². The van der Waals surface area contributed by atoms with Crippen LogP contribution in [0.25, 0.3) is 0 Å². The van der Waals surface area contributed by atoms with Crippen molar-refractivity contribution in [1.29, 1.82) is 5.26 Å². The monoisotopic (exact) mass is 232 g/mol. The van der Waals surface area contributed by atoms with Crippen LogP contribution in [-0.4, -0.2) is 11.0 Å². The maximum absolute atomic E-state index is 8.72. The Morgan fingerprint density at radius 1 is 1.53 bits per heavy atom. The van der Waals surface area contributed by atoms with Crippen molar-refractivity contribution < 1.29 is 0 Å². The van der Waals surface area contributed by atoms with Crippen molar-refractivity contribution in [3.63, 3.8) is 0 Å². The van der Waals surface area contributed by atoms with Gasteiger partial charge in [0.2, 0.25) is 0 Å². The number of hydrogen-bond acceptors (Lipinski definition) is 4. The van der Waals surface area contributed by atoms with E-state index in [1.807, 2.05) is 6.07 Å². The second-order valence-electron chi connectivity index (χ2n) is 4.57. The summed E-state index contributed by atoms with van der Waals surface area (Å²) in [5.41, 5.74) is 6.85. The largest absolute Gasteiger partial charge is 0.396 e. The molecule has 0 fully saturated rings. The van der Waals surface area contributed by atoms with Gasteiger partial charge in [-0.05, 0) is 25.3 Å². The first-order chi connectivity index (χ1) is 8.06. The van der Waals surface area contributed by atoms with Crippen molar-refractivity contribution in [2.75, 3.05) is 11.1 Å². The first-order valence-corrected chi connectivity index (χ1v) is 5.99. The van der Waals surface area contributed by atoms with Crippen molar-refractivity contribution >= 4 is 11.5 Å². The van der Waals surface area contributed by atoms with Crippen LogP contribution in [0.3, 0.4) is 0 Å². The molecule has 17 heavy (non-hydrogen) atoms. The van der Waals surface area contributed by atoms with Gasteiger partial charge in [-0.25, -0.2) is 4.98 Å². The highest BCUT2D eigenvalue weighted by molar-refractivity contribution is 5.63. The molecule has 0 aliphatic heterocycles. The number of anilines is 2. The van der Waals surface area contributed by atoms with Gasteiger partial charge in [-0.3, -0.25) is 0 Å². The van der Waals surface area contributed by atoms with Gasteiger partial charge in [0.1, 0.15) is 11.9 Å². The number of nitrogens with zero attached hydrogens (tertiary/aromatic N) is 2. The van der Waals surface area contributed by atoms with Gasteiger partial charge in [-0.2, -0.15) is 5.26 Å². The van der Waals surface area contributed by atoms with Crippen LogP contribution in [-0.2, 0) is 0 Å². The maximum atomic E-state index is 8.72. The lowest BCUT2D eigenvalue weighted by atomic mass is 10.0. The van der Waals surface area contributed by atoms with Gasteiger partial charge >= 0.3 is 0 Å². The molecule has 0 aromatic carbocycles. The number of nitrogen functional groups attached to an aromatic ring is 1. The van der Waals surface area contributed by atoms with E-state index in [1.54, 1.807) is 6.07 Å². The summed E-state index contributed by atoms with van der Waals surface area (Å²) in [5.74, 6) is 1.34. The van der Waals surface area contributed by atoms with E-state index in [1.165, 1.54) is 12.6 Å². The Morgan fingerprint density at radius 3 is 2.76 bits per heavy atom. The Kier molecular flexibility index (Phi) is 4.77. The Morgan fingerprint density at radius 2 is 2.24 bits per heavy atom. The third kappa shape index (κ3) is 3.95. The van der Waals surface area contributed by atoms with E-state index in [0.717, 1.165) is 6.42 Å². The number of nitrogens with two attached hydrogens (primary N) is 1. The Hall–Kier alpha value is -1.76. The zero-order chi connectivity index (χ0) is 12.8. The van der Waals surface area contributed by atoms with Crippen LogP contribution in [0, 0.1) is 17.2 Å². The van der Waals surface area contributed by atoms with Crippen molar-refractivity contribution in [3.05, 3.63) is 17.8 Å². The van der Waals surface area contributed by atoms with Crippen LogP contribution < -0.4 is 11.1 Å². The highest BCUT2D eigenvalue weighted by Crippen LogP contribution is 2.19. The number of hydrogen-bond donors (Lipinski definition) is 2. The predicted molar refractivity (Wildman–Crippen MR) is 70.5 cm³/mol. The van der Waals surface area contributed by atoms with Crippen LogP contribution in [0.5, 0.6) is 0 Å². The van der Waals surface area contributed by atoms with Crippen LogP contribution in [0.4, 0.5) is 11.5 Å². The Bertz CT molecular complexity index is 408. The number of nitriles is 1. The predicted octanol–water partition coefficient (Wildman–Crippen LogP) is 2.77. The highest BCUT2D eigenvalue weighted by atomic mass is 15.0. The summed E-state index contributed by atoms with van der Waals surface area (Å²) in [6.07, 6.45) is 3.79. The summed E-state index contributed by atoms with van der Waals surface area (Å²) in [4.78, 5) is 4.16. The average Bonchev–Trinajstić information content (AvgIpc) is 2.31. The number of aromatic nitrogens is 1. The SMILES string of the molecule is CCC(C)CC(C)Nc1ncc(C#N)cc1N. The third-order valence-electron chi connectivity index (χ3n) is 2.88. The molecule has 0 bridgehead atoms. The number of pyridine rings is 1. The number of nitrogens with one attached hydrogen (secondary N) is 1. The second-order valence-corrected chi connectivity index (χ2v) is 4.57. The molecule has 1 heterocycles. The van der Waals surface area contributed by atoms with E-state index in [2.05, 4.69) is 31.1 Å². The van der Waals surface area contributed by atoms with Crippen molar-refractivity contribution in [2.45, 2.75) is 39.7 Å². The third-order valence-corrected chi connectivity index (χ3v) is 2.88. The molecule has 1 rings (SSSR count). The van der Waals surface area contributed by atoms with Crippen molar-refractivity contribution in [2.24, 2.45) is 5.92 Å². The summed E-state index contributed by atoms with van der Waals surface area (Å²) < 4.78 is 0. The molecule has 0 saturated heterocycles. The average molecular weight is 232 g/mol. The molecule has 92 valence electrons. The number of rotatable bonds is 5. The quantitative estimate of drug-likeness (QED) is 0.818. The van der Waals surface area contributed by atoms with Crippen molar-refractivity contribution in [1.82, 2.24) is 4.98 Å². The summed E-state index contributed by atoms with van der Waals surface area (Å²) in [5, 5.41) is 12.0. The minimum atomic E-state index is 0.327. The molecule has 2 atom stereocenters. The molecule has 3 N–H and O–H groups in total. The Labute approximate surface area is 103 Å². The minimum absolute atomic E-state index is 0.327. The van der Waals surface area contributed by atoms with Crippen LogP contribution in [0.15, 0.2) is 12.3 Å². The van der Waals surface area contributed by atoms with Gasteiger partial charge in [0.25, 0.3) is 0 Å². The summed E-state index contributed by atoms with van der Waals surface area (Å²) >= 11 is 0. The zero-order valence-corrected chi connectivity index (χ0v) is 10.7. The van der Waals surface area contributed by atoms with Gasteiger partial charge < -0.3 is 11.1 Å². The van der Waals surface area contributed by atoms with Crippen LogP contribution in [0.2, 0.25) is 0 Å². The molecular formula is C13H20N4. The molecule has 4 nitrogen and oxygen atoms in total. The molecule has 0 aliphatic carbocycles. The summed E-state index contributed by atoms with van der Waals surface area (Å²) in [6.45, 7) is 6.53. The fraction of sp³-hybridized carbons (Fsp3) is 0.538. The second kappa shape index (κ2) is 6.09. The Balaban J connectivity index is 2.66. The molecule has 1 aromatic rings. The lowest BCUT2D eigenvalue weighted by molar-refractivity contribution is 0.483. The summed E-state index contributed by atoms with van der Waals surface area (Å²) in [7, 11) is 0. The van der Waals surface area contributed by atoms with Gasteiger partial charge in [0.15, 0.2) is 0 Å². The van der Waals surface area contributed by atoms with Gasteiger partial charge in [0.05, 0.1) is 11.3 Å². The molecule has 0 radical (unpaired) electrons. The highest BCUT2D eigenvalue weighted by Gasteiger charge is 2.09. The van der Waals surface area contributed by atoms with Crippen LogP contribution >= 0.6 is 0 Å². The first kappa shape index (κ1) is 13.3. The smallest absolute Gasteiger partial charge is 0.149 e. The molecular weight excluding hydrogens is 212 g/mol. The van der Waals surface area contributed by atoms with E-state index in [9.17, 15) is 0 Å². The zero-order valence-electron chi connectivity index (χ0n) is 10.7. The lowest BCUT2D eigenvalue weighted by Gasteiger charge is -2.18. The lowest BCUT2D eigenvalue weighted by Crippen LogP contribution is -2.19. The van der Waals surface area contributed by atoms with Crippen molar-refractivity contribution in [3.8, 4) is 6.07 Å². The van der Waals surface area contributed by atoms with E-state index < -0.39 is 0 Å². The van der Waals surface area contributed by atoms with E-state index in [4.69, 9.17) is 11.0 Å². The molecule has 4 heteroatoms.